The number of anilines is 2. The Morgan fingerprint density at radius 3 is 2.88 bits per heavy atom. The maximum Gasteiger partial charge on any atom is 0.176 e. The first kappa shape index (κ1) is 15.7. The van der Waals surface area contributed by atoms with Gasteiger partial charge in [-0.15, -0.1) is 0 Å². The van der Waals surface area contributed by atoms with E-state index in [0.717, 1.165) is 54.0 Å². The number of hydrogen-bond acceptors (Lipinski definition) is 4. The highest BCUT2D eigenvalue weighted by molar-refractivity contribution is 6.52. The van der Waals surface area contributed by atoms with Crippen molar-refractivity contribution in [3.8, 4) is 0 Å². The van der Waals surface area contributed by atoms with E-state index in [-0.39, 0.29) is 6.04 Å². The summed E-state index contributed by atoms with van der Waals surface area (Å²) in [5.74, 6) is 1.76. The van der Waals surface area contributed by atoms with Gasteiger partial charge in [-0.2, -0.15) is 0 Å². The summed E-state index contributed by atoms with van der Waals surface area (Å²) in [6.07, 6.45) is 4.29. The summed E-state index contributed by atoms with van der Waals surface area (Å²) < 4.78 is 0. The van der Waals surface area contributed by atoms with Crippen LogP contribution in [0.3, 0.4) is 0 Å². The molecule has 2 N–H and O–H groups in total. The van der Waals surface area contributed by atoms with Gasteiger partial charge >= 0.3 is 0 Å². The number of benzene rings is 1. The number of rotatable bonds is 1. The van der Waals surface area contributed by atoms with Gasteiger partial charge < -0.3 is 10.6 Å². The summed E-state index contributed by atoms with van der Waals surface area (Å²) in [7, 11) is 0. The van der Waals surface area contributed by atoms with Crippen LogP contribution in [-0.2, 0) is 0 Å². The van der Waals surface area contributed by atoms with Crippen LogP contribution in [0.1, 0.15) is 26.7 Å². The predicted molar refractivity (Wildman–Crippen MR) is 102 cm³/mol. The maximum absolute atomic E-state index is 6.21. The number of fused-ring (bicyclic) bond motifs is 3. The van der Waals surface area contributed by atoms with Crippen LogP contribution < -0.4 is 15.5 Å². The summed E-state index contributed by atoms with van der Waals surface area (Å²) in [5.41, 5.74) is 3.27. The molecule has 0 amide bonds. The van der Waals surface area contributed by atoms with E-state index in [2.05, 4.69) is 35.6 Å². The molecule has 1 atom stereocenters. The molecule has 1 aromatic carbocycles. The molecule has 126 valence electrons. The van der Waals surface area contributed by atoms with E-state index < -0.39 is 0 Å². The number of nitrogens with zero attached hydrogens (tertiary/aromatic N) is 3. The first-order valence-electron chi connectivity index (χ1n) is 8.52. The number of piperidine rings is 1. The third kappa shape index (κ3) is 2.82. The molecule has 0 aromatic heterocycles. The van der Waals surface area contributed by atoms with Crippen molar-refractivity contribution in [1.82, 2.24) is 5.32 Å². The molecular weight excluding hydrogens is 322 g/mol. The van der Waals surface area contributed by atoms with Crippen LogP contribution >= 0.6 is 11.6 Å². The van der Waals surface area contributed by atoms with Gasteiger partial charge in [0.2, 0.25) is 0 Å². The normalized spacial score (nSPS) is 25.5. The molecule has 1 fully saturated rings. The summed E-state index contributed by atoms with van der Waals surface area (Å²) in [5, 5.41) is 7.58. The standard InChI is InChI=1S/C18H22ClN5/c1-11-10-24-16-9-13(19)3-4-15(16)23-17(18(24)21-12(11)2)22-14-5-7-20-8-6-14/h3-4,9-10,12,14,20H,5-8H2,1-2H3,(H,22,23). The Morgan fingerprint density at radius 1 is 1.29 bits per heavy atom. The molecule has 0 bridgehead atoms. The van der Waals surface area contributed by atoms with Crippen molar-refractivity contribution in [1.29, 1.82) is 0 Å². The molecule has 6 heteroatoms. The monoisotopic (exact) mass is 343 g/mol. The summed E-state index contributed by atoms with van der Waals surface area (Å²) in [4.78, 5) is 12.0. The van der Waals surface area contributed by atoms with E-state index in [4.69, 9.17) is 21.6 Å². The quantitative estimate of drug-likeness (QED) is 0.821. The van der Waals surface area contributed by atoms with Crippen molar-refractivity contribution >= 4 is 34.6 Å². The first-order valence-corrected chi connectivity index (χ1v) is 8.90. The van der Waals surface area contributed by atoms with Gasteiger partial charge in [0.15, 0.2) is 11.7 Å². The number of nitrogens with one attached hydrogen (secondary N) is 2. The first-order chi connectivity index (χ1) is 11.6. The molecule has 1 unspecified atom stereocenters. The van der Waals surface area contributed by atoms with Crippen LogP contribution in [0, 0.1) is 0 Å². The van der Waals surface area contributed by atoms with E-state index in [9.17, 15) is 0 Å². The third-order valence-electron chi connectivity index (χ3n) is 4.84. The van der Waals surface area contributed by atoms with Crippen molar-refractivity contribution in [3.63, 3.8) is 0 Å². The SMILES string of the molecule is CC1=CN2C(=NC1C)C(=NC1CCNCC1)Nc1ccc(Cl)cc12. The average molecular weight is 344 g/mol. The molecule has 5 nitrogen and oxygen atoms in total. The van der Waals surface area contributed by atoms with Gasteiger partial charge in [-0.1, -0.05) is 11.6 Å². The van der Waals surface area contributed by atoms with E-state index in [1.807, 2.05) is 18.2 Å². The zero-order valence-corrected chi connectivity index (χ0v) is 14.8. The zero-order valence-electron chi connectivity index (χ0n) is 14.0. The highest BCUT2D eigenvalue weighted by Gasteiger charge is 2.31. The fourth-order valence-electron chi connectivity index (χ4n) is 3.28. The van der Waals surface area contributed by atoms with Gasteiger partial charge in [-0.05, 0) is 63.6 Å². The zero-order chi connectivity index (χ0) is 16.7. The average Bonchev–Trinajstić information content (AvgIpc) is 2.58. The third-order valence-corrected chi connectivity index (χ3v) is 5.08. The van der Waals surface area contributed by atoms with Crippen molar-refractivity contribution in [2.24, 2.45) is 9.98 Å². The lowest BCUT2D eigenvalue weighted by molar-refractivity contribution is 0.460. The van der Waals surface area contributed by atoms with Gasteiger partial charge in [-0.3, -0.25) is 14.9 Å². The molecule has 3 aliphatic rings. The van der Waals surface area contributed by atoms with E-state index >= 15 is 0 Å². The Kier molecular flexibility index (Phi) is 4.06. The summed E-state index contributed by atoms with van der Waals surface area (Å²) in [6, 6.07) is 6.39. The fourth-order valence-corrected chi connectivity index (χ4v) is 3.45. The lowest BCUT2D eigenvalue weighted by Gasteiger charge is -2.36. The Morgan fingerprint density at radius 2 is 2.08 bits per heavy atom. The van der Waals surface area contributed by atoms with Gasteiger partial charge in [0, 0.05) is 11.2 Å². The minimum absolute atomic E-state index is 0.164. The smallest absolute Gasteiger partial charge is 0.176 e. The van der Waals surface area contributed by atoms with Crippen LogP contribution in [0.2, 0.25) is 5.02 Å². The Labute approximate surface area is 147 Å². The minimum atomic E-state index is 0.164. The van der Waals surface area contributed by atoms with Crippen LogP contribution in [0.4, 0.5) is 11.4 Å². The van der Waals surface area contributed by atoms with Crippen LogP contribution in [-0.4, -0.2) is 36.8 Å². The molecule has 3 aliphatic heterocycles. The number of aliphatic imine (C=N–C) groups is 2. The van der Waals surface area contributed by atoms with Gasteiger partial charge in [0.1, 0.15) is 0 Å². The molecule has 0 aliphatic carbocycles. The van der Waals surface area contributed by atoms with Crippen LogP contribution in [0.25, 0.3) is 0 Å². The van der Waals surface area contributed by atoms with E-state index in [1.54, 1.807) is 0 Å². The molecule has 24 heavy (non-hydrogen) atoms. The molecule has 0 spiro atoms. The summed E-state index contributed by atoms with van der Waals surface area (Å²) >= 11 is 6.21. The highest BCUT2D eigenvalue weighted by Crippen LogP contribution is 2.36. The molecule has 1 aromatic rings. The largest absolute Gasteiger partial charge is 0.336 e. The molecule has 3 heterocycles. The molecule has 4 rings (SSSR count). The van der Waals surface area contributed by atoms with Crippen LogP contribution in [0.5, 0.6) is 0 Å². The van der Waals surface area contributed by atoms with Crippen molar-refractivity contribution in [2.75, 3.05) is 23.3 Å². The van der Waals surface area contributed by atoms with E-state index in [1.165, 1.54) is 5.57 Å². The number of amidine groups is 2. The van der Waals surface area contributed by atoms with Crippen molar-refractivity contribution < 1.29 is 0 Å². The predicted octanol–water partition coefficient (Wildman–Crippen LogP) is 3.43. The fraction of sp³-hybridized carbons (Fsp3) is 0.444. The van der Waals surface area contributed by atoms with Crippen LogP contribution in [0.15, 0.2) is 40.0 Å². The Hall–Kier alpha value is -1.85. The van der Waals surface area contributed by atoms with Gasteiger partial charge in [0.25, 0.3) is 0 Å². The Balaban J connectivity index is 1.78. The second-order valence-electron chi connectivity index (χ2n) is 6.62. The number of halogens is 1. The molecule has 0 saturated carbocycles. The highest BCUT2D eigenvalue weighted by atomic mass is 35.5. The van der Waals surface area contributed by atoms with Gasteiger partial charge in [-0.25, -0.2) is 0 Å². The topological polar surface area (TPSA) is 52.0 Å². The summed E-state index contributed by atoms with van der Waals surface area (Å²) in [6.45, 7) is 6.28. The Bertz CT molecular complexity index is 746. The maximum atomic E-state index is 6.21. The van der Waals surface area contributed by atoms with Crippen molar-refractivity contribution in [3.05, 3.63) is 35.0 Å². The van der Waals surface area contributed by atoms with E-state index in [0.29, 0.717) is 6.04 Å². The molecular formula is C18H22ClN5. The second kappa shape index (κ2) is 6.22. The lowest BCUT2D eigenvalue weighted by atomic mass is 10.1. The molecule has 1 saturated heterocycles. The second-order valence-corrected chi connectivity index (χ2v) is 7.05. The van der Waals surface area contributed by atoms with Crippen molar-refractivity contribution in [2.45, 2.75) is 38.8 Å². The number of hydrogen-bond donors (Lipinski definition) is 2. The lowest BCUT2D eigenvalue weighted by Crippen LogP contribution is -2.45. The molecule has 0 radical (unpaired) electrons. The van der Waals surface area contributed by atoms with Gasteiger partial charge in [0.05, 0.1) is 23.5 Å². The minimum Gasteiger partial charge on any atom is -0.336 e.